The van der Waals surface area contributed by atoms with E-state index in [2.05, 4.69) is 10.6 Å². The van der Waals surface area contributed by atoms with Crippen LogP contribution in [0.15, 0.2) is 48.5 Å². The topological polar surface area (TPSA) is 59.6 Å². The quantitative estimate of drug-likeness (QED) is 0.775. The molecule has 0 saturated carbocycles. The minimum absolute atomic E-state index is 0.351. The summed E-state index contributed by atoms with van der Waals surface area (Å²) < 4.78 is 10.9. The smallest absolute Gasteiger partial charge is 0.322 e. The van der Waals surface area contributed by atoms with Gasteiger partial charge < -0.3 is 20.1 Å². The number of amides is 2. The molecule has 2 N–H and O–H groups in total. The van der Waals surface area contributed by atoms with Crippen LogP contribution in [0.4, 0.5) is 10.5 Å². The van der Waals surface area contributed by atoms with Gasteiger partial charge in [0.25, 0.3) is 0 Å². The van der Waals surface area contributed by atoms with E-state index < -0.39 is 6.23 Å². The summed E-state index contributed by atoms with van der Waals surface area (Å²) in [7, 11) is 0. The van der Waals surface area contributed by atoms with Crippen LogP contribution in [-0.4, -0.2) is 18.9 Å². The van der Waals surface area contributed by atoms with Crippen LogP contribution in [0.25, 0.3) is 0 Å². The molecule has 5 nitrogen and oxygen atoms in total. The molecular weight excluding hydrogens is 316 g/mol. The third-order valence-electron chi connectivity index (χ3n) is 2.88. The van der Waals surface area contributed by atoms with Gasteiger partial charge in [0.1, 0.15) is 11.5 Å². The van der Waals surface area contributed by atoms with Crippen LogP contribution >= 0.6 is 11.6 Å². The van der Waals surface area contributed by atoms with Crippen LogP contribution in [0.5, 0.6) is 11.5 Å². The Labute approximate surface area is 140 Å². The van der Waals surface area contributed by atoms with Gasteiger partial charge in [-0.3, -0.25) is 0 Å². The first-order valence-electron chi connectivity index (χ1n) is 7.29. The highest BCUT2D eigenvalue weighted by Gasteiger charge is 2.08. The Morgan fingerprint density at radius 2 is 1.70 bits per heavy atom. The normalized spacial score (nSPS) is 11.4. The first kappa shape index (κ1) is 17.0. The first-order valence-corrected chi connectivity index (χ1v) is 7.67. The summed E-state index contributed by atoms with van der Waals surface area (Å²) in [5.41, 5.74) is 0.671. The molecule has 2 aromatic carbocycles. The Bertz CT molecular complexity index is 629. The number of rotatable bonds is 6. The molecule has 0 spiro atoms. The second-order valence-corrected chi connectivity index (χ2v) is 5.21. The molecule has 0 aliphatic heterocycles. The molecule has 6 heteroatoms. The molecule has 0 aliphatic rings. The van der Waals surface area contributed by atoms with Gasteiger partial charge in [0.05, 0.1) is 6.61 Å². The average molecular weight is 335 g/mol. The van der Waals surface area contributed by atoms with Gasteiger partial charge in [-0.05, 0) is 62.4 Å². The predicted octanol–water partition coefficient (Wildman–Crippen LogP) is 4.29. The number of nitrogens with one attached hydrogen (secondary N) is 2. The molecular formula is C17H19ClN2O3. The first-order chi connectivity index (χ1) is 11.1. The van der Waals surface area contributed by atoms with Gasteiger partial charge in [-0.15, -0.1) is 0 Å². The minimum atomic E-state index is -0.487. The Kier molecular flexibility index (Phi) is 6.11. The van der Waals surface area contributed by atoms with Crippen molar-refractivity contribution >= 4 is 23.3 Å². The molecule has 23 heavy (non-hydrogen) atoms. The third kappa shape index (κ3) is 5.71. The van der Waals surface area contributed by atoms with E-state index in [1.54, 1.807) is 55.5 Å². The SMILES string of the molecule is CCOc1ccc(NC(=O)NC(C)Oc2ccc(Cl)cc2)cc1. The van der Waals surface area contributed by atoms with E-state index in [-0.39, 0.29) is 6.03 Å². The van der Waals surface area contributed by atoms with Gasteiger partial charge in [0, 0.05) is 10.7 Å². The van der Waals surface area contributed by atoms with Crippen molar-refractivity contribution in [2.24, 2.45) is 0 Å². The number of hydrogen-bond acceptors (Lipinski definition) is 3. The zero-order chi connectivity index (χ0) is 16.7. The maximum absolute atomic E-state index is 11.9. The lowest BCUT2D eigenvalue weighted by molar-refractivity contribution is 0.183. The van der Waals surface area contributed by atoms with E-state index in [0.717, 1.165) is 5.75 Å². The molecule has 0 heterocycles. The molecule has 0 bridgehead atoms. The van der Waals surface area contributed by atoms with Crippen LogP contribution in [0.3, 0.4) is 0 Å². The van der Waals surface area contributed by atoms with E-state index in [4.69, 9.17) is 21.1 Å². The monoisotopic (exact) mass is 334 g/mol. The van der Waals surface area contributed by atoms with Crippen molar-refractivity contribution in [1.29, 1.82) is 0 Å². The number of hydrogen-bond donors (Lipinski definition) is 2. The Morgan fingerprint density at radius 1 is 1.09 bits per heavy atom. The number of carbonyl (C=O) groups is 1. The molecule has 1 unspecified atom stereocenters. The lowest BCUT2D eigenvalue weighted by Crippen LogP contribution is -2.39. The van der Waals surface area contributed by atoms with Crippen LogP contribution in [0, 0.1) is 0 Å². The van der Waals surface area contributed by atoms with Gasteiger partial charge in [-0.1, -0.05) is 11.6 Å². The Morgan fingerprint density at radius 3 is 2.30 bits per heavy atom. The third-order valence-corrected chi connectivity index (χ3v) is 3.14. The summed E-state index contributed by atoms with van der Waals surface area (Å²) in [4.78, 5) is 11.9. The van der Waals surface area contributed by atoms with Gasteiger partial charge in [-0.2, -0.15) is 0 Å². The van der Waals surface area contributed by atoms with E-state index in [1.807, 2.05) is 6.92 Å². The number of carbonyl (C=O) groups excluding carboxylic acids is 1. The fourth-order valence-electron chi connectivity index (χ4n) is 1.90. The molecule has 0 radical (unpaired) electrons. The lowest BCUT2D eigenvalue weighted by Gasteiger charge is -2.17. The van der Waals surface area contributed by atoms with Crippen molar-refractivity contribution in [2.75, 3.05) is 11.9 Å². The van der Waals surface area contributed by atoms with Crippen LogP contribution in [-0.2, 0) is 0 Å². The van der Waals surface area contributed by atoms with Gasteiger partial charge >= 0.3 is 6.03 Å². The Hall–Kier alpha value is -2.40. The van der Waals surface area contributed by atoms with Crippen LogP contribution < -0.4 is 20.1 Å². The predicted molar refractivity (Wildman–Crippen MR) is 91.3 cm³/mol. The van der Waals surface area contributed by atoms with E-state index >= 15 is 0 Å². The highest BCUT2D eigenvalue weighted by atomic mass is 35.5. The second kappa shape index (κ2) is 8.29. The minimum Gasteiger partial charge on any atom is -0.494 e. The van der Waals surface area contributed by atoms with Crippen molar-refractivity contribution in [3.05, 3.63) is 53.6 Å². The number of urea groups is 1. The summed E-state index contributed by atoms with van der Waals surface area (Å²) in [6, 6.07) is 13.7. The van der Waals surface area contributed by atoms with Crippen molar-refractivity contribution in [1.82, 2.24) is 5.32 Å². The molecule has 2 rings (SSSR count). The molecule has 2 aromatic rings. The fraction of sp³-hybridized carbons (Fsp3) is 0.235. The molecule has 0 aliphatic carbocycles. The van der Waals surface area contributed by atoms with Crippen molar-refractivity contribution in [2.45, 2.75) is 20.1 Å². The maximum Gasteiger partial charge on any atom is 0.322 e. The number of halogens is 1. The lowest BCUT2D eigenvalue weighted by atomic mass is 10.3. The maximum atomic E-state index is 11.9. The average Bonchev–Trinajstić information content (AvgIpc) is 2.51. The van der Waals surface area contributed by atoms with Gasteiger partial charge in [0.15, 0.2) is 6.23 Å². The number of ether oxygens (including phenoxy) is 2. The highest BCUT2D eigenvalue weighted by Crippen LogP contribution is 2.17. The number of benzene rings is 2. The van der Waals surface area contributed by atoms with E-state index in [1.165, 1.54) is 0 Å². The Balaban J connectivity index is 1.82. The van der Waals surface area contributed by atoms with Crippen molar-refractivity contribution in [3.8, 4) is 11.5 Å². The van der Waals surface area contributed by atoms with Gasteiger partial charge in [-0.25, -0.2) is 4.79 Å². The van der Waals surface area contributed by atoms with E-state index in [0.29, 0.717) is 23.1 Å². The molecule has 1 atom stereocenters. The molecule has 0 saturated heterocycles. The van der Waals surface area contributed by atoms with Crippen LogP contribution in [0.1, 0.15) is 13.8 Å². The summed E-state index contributed by atoms with van der Waals surface area (Å²) in [6.45, 7) is 4.26. The molecule has 122 valence electrons. The number of anilines is 1. The zero-order valence-electron chi connectivity index (χ0n) is 13.0. The van der Waals surface area contributed by atoms with E-state index in [9.17, 15) is 4.79 Å². The summed E-state index contributed by atoms with van der Waals surface area (Å²) in [6.07, 6.45) is -0.487. The fourth-order valence-corrected chi connectivity index (χ4v) is 2.03. The summed E-state index contributed by atoms with van der Waals surface area (Å²) in [5, 5.41) is 6.06. The standard InChI is InChI=1S/C17H19ClN2O3/c1-3-22-15-10-6-14(7-11-15)20-17(21)19-12(2)23-16-8-4-13(18)5-9-16/h4-12H,3H2,1-2H3,(H2,19,20,21). The zero-order valence-corrected chi connectivity index (χ0v) is 13.8. The summed E-state index contributed by atoms with van der Waals surface area (Å²) in [5.74, 6) is 1.39. The highest BCUT2D eigenvalue weighted by molar-refractivity contribution is 6.30. The molecule has 0 aromatic heterocycles. The second-order valence-electron chi connectivity index (χ2n) is 4.77. The summed E-state index contributed by atoms with van der Waals surface area (Å²) >= 11 is 5.81. The van der Waals surface area contributed by atoms with Crippen molar-refractivity contribution < 1.29 is 14.3 Å². The largest absolute Gasteiger partial charge is 0.494 e. The van der Waals surface area contributed by atoms with Crippen LogP contribution in [0.2, 0.25) is 5.02 Å². The molecule has 2 amide bonds. The van der Waals surface area contributed by atoms with Gasteiger partial charge in [0.2, 0.25) is 0 Å². The molecule has 0 fully saturated rings. The van der Waals surface area contributed by atoms with Crippen molar-refractivity contribution in [3.63, 3.8) is 0 Å².